The molecule has 1 aromatic rings. The van der Waals surface area contributed by atoms with Crippen LogP contribution in [-0.4, -0.2) is 97.9 Å². The van der Waals surface area contributed by atoms with Crippen LogP contribution in [0.5, 0.6) is 0 Å². The maximum Gasteiger partial charge on any atom is 0.410 e. The molecular formula is C28H36N4O8S. The standard InChI is InChI=1S/C28H36N4O8S/c1-16-23-22(17(2)33)26(34)31(23)24(27(35)36)25(16)41-21-9-10-29(14-21)13-18-7-11-30(12-8-18)28(37)40-15-19-3-5-20(6-4-19)32(38)39/h3-6,16-18,21-23,33H,7-15H2,1-2H3,(H,35,36)/t16-,17-,21-,22-,23-/m1/s1. The molecule has 4 aliphatic rings. The molecule has 0 aromatic heterocycles. The van der Waals surface area contributed by atoms with Crippen molar-refractivity contribution in [2.24, 2.45) is 17.8 Å². The summed E-state index contributed by atoms with van der Waals surface area (Å²) in [5, 5.41) is 31.0. The number of ether oxygens (including phenoxy) is 1. The number of benzene rings is 1. The third-order valence-electron chi connectivity index (χ3n) is 8.73. The number of aliphatic hydroxyl groups is 1. The largest absolute Gasteiger partial charge is 0.477 e. The number of carbonyl (C=O) groups is 3. The van der Waals surface area contributed by atoms with Gasteiger partial charge in [0.15, 0.2) is 0 Å². The molecule has 1 aromatic carbocycles. The SMILES string of the molecule is C[C@@H](O)[C@H]1C(=O)N2C(C(=O)O)=C(S[C@@H]3CCN(CC4CCN(C(=O)OCc5ccc([N+](=O)[O-])cc5)CC4)C3)[C@H](C)[C@H]12. The highest BCUT2D eigenvalue weighted by atomic mass is 32.2. The van der Waals surface area contributed by atoms with Gasteiger partial charge in [-0.1, -0.05) is 6.92 Å². The van der Waals surface area contributed by atoms with Crippen molar-refractivity contribution in [3.63, 3.8) is 0 Å². The molecule has 222 valence electrons. The Labute approximate surface area is 242 Å². The number of piperidine rings is 1. The molecule has 4 heterocycles. The van der Waals surface area contributed by atoms with Crippen LogP contribution in [0.1, 0.15) is 38.7 Å². The van der Waals surface area contributed by atoms with E-state index in [9.17, 15) is 34.7 Å². The minimum Gasteiger partial charge on any atom is -0.477 e. The average Bonchev–Trinajstić information content (AvgIpc) is 3.47. The maximum absolute atomic E-state index is 12.6. The second-order valence-electron chi connectivity index (χ2n) is 11.5. The van der Waals surface area contributed by atoms with Crippen molar-refractivity contribution >= 4 is 35.4 Å². The van der Waals surface area contributed by atoms with Gasteiger partial charge in [-0.25, -0.2) is 9.59 Å². The van der Waals surface area contributed by atoms with Gasteiger partial charge in [-0.05, 0) is 56.3 Å². The zero-order valence-electron chi connectivity index (χ0n) is 23.2. The quantitative estimate of drug-likeness (QED) is 0.250. The van der Waals surface area contributed by atoms with Gasteiger partial charge in [0.2, 0.25) is 5.91 Å². The predicted octanol–water partition coefficient (Wildman–Crippen LogP) is 2.90. The topological polar surface area (TPSA) is 154 Å². The molecule has 0 bridgehead atoms. The van der Waals surface area contributed by atoms with Crippen LogP contribution < -0.4 is 0 Å². The van der Waals surface area contributed by atoms with E-state index in [0.29, 0.717) is 24.6 Å². The molecule has 13 heteroatoms. The molecule has 3 saturated heterocycles. The fraction of sp³-hybridized carbons (Fsp3) is 0.607. The Morgan fingerprint density at radius 3 is 2.46 bits per heavy atom. The van der Waals surface area contributed by atoms with E-state index < -0.39 is 22.9 Å². The molecule has 5 atom stereocenters. The van der Waals surface area contributed by atoms with Crippen molar-refractivity contribution in [2.75, 3.05) is 32.7 Å². The summed E-state index contributed by atoms with van der Waals surface area (Å²) in [6.07, 6.45) is 1.47. The van der Waals surface area contributed by atoms with Crippen LogP contribution in [0.4, 0.5) is 10.5 Å². The van der Waals surface area contributed by atoms with Crippen molar-refractivity contribution in [2.45, 2.75) is 57.1 Å². The first-order chi connectivity index (χ1) is 19.5. The number of fused-ring (bicyclic) bond motifs is 1. The number of aliphatic hydroxyl groups excluding tert-OH is 1. The first-order valence-electron chi connectivity index (χ1n) is 14.1. The van der Waals surface area contributed by atoms with Gasteiger partial charge in [0.1, 0.15) is 12.3 Å². The second-order valence-corrected chi connectivity index (χ2v) is 12.8. The number of carboxylic acid groups (broad SMARTS) is 1. The Bertz CT molecular complexity index is 1230. The zero-order chi connectivity index (χ0) is 29.4. The summed E-state index contributed by atoms with van der Waals surface area (Å²) in [7, 11) is 0. The van der Waals surface area contributed by atoms with Crippen molar-refractivity contribution < 1.29 is 34.3 Å². The number of nitrogens with zero attached hydrogens (tertiary/aromatic N) is 4. The number of aliphatic carboxylic acids is 1. The number of β-lactam (4-membered cyclic amide) rings is 1. The van der Waals surface area contributed by atoms with E-state index in [0.717, 1.165) is 43.8 Å². The van der Waals surface area contributed by atoms with E-state index in [-0.39, 0.29) is 47.2 Å². The second kappa shape index (κ2) is 12.0. The molecule has 41 heavy (non-hydrogen) atoms. The van der Waals surface area contributed by atoms with Crippen LogP contribution in [-0.2, 0) is 20.9 Å². The number of hydrogen-bond acceptors (Lipinski definition) is 9. The fourth-order valence-electron chi connectivity index (χ4n) is 6.53. The molecule has 0 radical (unpaired) electrons. The fourth-order valence-corrected chi connectivity index (χ4v) is 8.05. The Morgan fingerprint density at radius 1 is 1.17 bits per heavy atom. The number of non-ortho nitro benzene ring substituents is 1. The molecule has 0 spiro atoms. The molecule has 0 saturated carbocycles. The third-order valence-corrected chi connectivity index (χ3v) is 10.3. The number of likely N-dealkylation sites (tertiary alicyclic amines) is 2. The van der Waals surface area contributed by atoms with Gasteiger partial charge in [-0.15, -0.1) is 11.8 Å². The Morgan fingerprint density at radius 2 is 1.85 bits per heavy atom. The average molecular weight is 589 g/mol. The smallest absolute Gasteiger partial charge is 0.410 e. The molecule has 0 aliphatic carbocycles. The van der Waals surface area contributed by atoms with Crippen LogP contribution >= 0.6 is 11.8 Å². The zero-order valence-corrected chi connectivity index (χ0v) is 24.0. The van der Waals surface area contributed by atoms with E-state index >= 15 is 0 Å². The monoisotopic (exact) mass is 588 g/mol. The van der Waals surface area contributed by atoms with Gasteiger partial charge in [0, 0.05) is 54.4 Å². The normalized spacial score (nSPS) is 27.5. The van der Waals surface area contributed by atoms with Gasteiger partial charge in [-0.2, -0.15) is 0 Å². The molecular weight excluding hydrogens is 552 g/mol. The van der Waals surface area contributed by atoms with Gasteiger partial charge in [0.25, 0.3) is 5.69 Å². The third kappa shape index (κ3) is 5.93. The first-order valence-corrected chi connectivity index (χ1v) is 15.0. The summed E-state index contributed by atoms with van der Waals surface area (Å²) in [4.78, 5) is 53.8. The Kier molecular flexibility index (Phi) is 8.57. The van der Waals surface area contributed by atoms with E-state index in [1.807, 2.05) is 6.92 Å². The molecule has 4 aliphatic heterocycles. The summed E-state index contributed by atoms with van der Waals surface area (Å²) < 4.78 is 5.41. The molecule has 2 amide bonds. The Hall–Kier alpha value is -3.16. The lowest BCUT2D eigenvalue weighted by molar-refractivity contribution is -0.384. The molecule has 5 rings (SSSR count). The highest BCUT2D eigenvalue weighted by Crippen LogP contribution is 2.52. The Balaban J connectivity index is 1.07. The van der Waals surface area contributed by atoms with Gasteiger partial charge < -0.3 is 29.6 Å². The van der Waals surface area contributed by atoms with Gasteiger partial charge >= 0.3 is 12.1 Å². The minimum absolute atomic E-state index is 0.00694. The van der Waals surface area contributed by atoms with Crippen molar-refractivity contribution in [1.29, 1.82) is 0 Å². The molecule has 2 N–H and O–H groups in total. The van der Waals surface area contributed by atoms with Crippen molar-refractivity contribution in [3.05, 3.63) is 50.5 Å². The maximum atomic E-state index is 12.6. The highest BCUT2D eigenvalue weighted by Gasteiger charge is 2.60. The summed E-state index contributed by atoms with van der Waals surface area (Å²) in [5.74, 6) is -1.63. The lowest BCUT2D eigenvalue weighted by Gasteiger charge is -2.46. The summed E-state index contributed by atoms with van der Waals surface area (Å²) in [5.41, 5.74) is 0.769. The number of carboxylic acids is 1. The number of thioether (sulfide) groups is 1. The number of nitro groups is 1. The highest BCUT2D eigenvalue weighted by molar-refractivity contribution is 8.03. The predicted molar refractivity (Wildman–Crippen MR) is 150 cm³/mol. The van der Waals surface area contributed by atoms with Crippen LogP contribution in [0.2, 0.25) is 0 Å². The lowest BCUT2D eigenvalue weighted by Crippen LogP contribution is -2.63. The van der Waals surface area contributed by atoms with E-state index in [1.165, 1.54) is 17.0 Å². The van der Waals surface area contributed by atoms with Crippen molar-refractivity contribution in [1.82, 2.24) is 14.7 Å². The number of amides is 2. The van der Waals surface area contributed by atoms with Crippen LogP contribution in [0, 0.1) is 27.9 Å². The van der Waals surface area contributed by atoms with Crippen LogP contribution in [0.15, 0.2) is 34.9 Å². The number of nitro benzene ring substituents is 1. The molecule has 12 nitrogen and oxygen atoms in total. The van der Waals surface area contributed by atoms with Crippen LogP contribution in [0.25, 0.3) is 0 Å². The van der Waals surface area contributed by atoms with E-state index in [2.05, 4.69) is 4.90 Å². The van der Waals surface area contributed by atoms with E-state index in [1.54, 1.807) is 35.7 Å². The summed E-state index contributed by atoms with van der Waals surface area (Å²) in [6.45, 7) is 7.49. The summed E-state index contributed by atoms with van der Waals surface area (Å²) in [6, 6.07) is 5.66. The number of carbonyl (C=O) groups excluding carboxylic acids is 2. The van der Waals surface area contributed by atoms with Crippen molar-refractivity contribution in [3.8, 4) is 0 Å². The minimum atomic E-state index is -1.09. The number of rotatable bonds is 9. The number of hydrogen-bond donors (Lipinski definition) is 2. The van der Waals surface area contributed by atoms with Gasteiger partial charge in [-0.3, -0.25) is 14.9 Å². The first kappa shape index (κ1) is 29.3. The molecule has 3 fully saturated rings. The summed E-state index contributed by atoms with van der Waals surface area (Å²) >= 11 is 1.58. The van der Waals surface area contributed by atoms with Crippen LogP contribution in [0.3, 0.4) is 0 Å². The lowest BCUT2D eigenvalue weighted by atomic mass is 9.79. The van der Waals surface area contributed by atoms with Gasteiger partial charge in [0.05, 0.1) is 23.0 Å². The molecule has 0 unspecified atom stereocenters. The van der Waals surface area contributed by atoms with E-state index in [4.69, 9.17) is 4.74 Å².